The van der Waals surface area contributed by atoms with Gasteiger partial charge in [-0.2, -0.15) is 0 Å². The number of aliphatic carboxylic acids is 2. The van der Waals surface area contributed by atoms with Crippen LogP contribution in [0.1, 0.15) is 18.4 Å². The summed E-state index contributed by atoms with van der Waals surface area (Å²) >= 11 is 0. The van der Waals surface area contributed by atoms with E-state index in [-0.39, 0.29) is 12.8 Å². The first-order valence-electron chi connectivity index (χ1n) is 5.93. The topological polar surface area (TPSA) is 101 Å². The summed E-state index contributed by atoms with van der Waals surface area (Å²) in [6, 6.07) is 8.31. The third kappa shape index (κ3) is 5.35. The van der Waals surface area contributed by atoms with Crippen molar-refractivity contribution in [3.8, 4) is 0 Å². The van der Waals surface area contributed by atoms with Crippen LogP contribution in [-0.4, -0.2) is 28.2 Å². The van der Waals surface area contributed by atoms with Crippen molar-refractivity contribution in [2.45, 2.75) is 18.9 Å². The molecule has 0 spiro atoms. The van der Waals surface area contributed by atoms with Crippen molar-refractivity contribution in [1.29, 1.82) is 0 Å². The number of carboxylic acid groups (broad SMARTS) is 2. The number of carboxylic acids is 2. The smallest absolute Gasteiger partial charge is 0.320 e. The van der Waals surface area contributed by atoms with E-state index in [2.05, 4.69) is 0 Å². The van der Waals surface area contributed by atoms with E-state index in [1.807, 2.05) is 36.4 Å². The van der Waals surface area contributed by atoms with Crippen molar-refractivity contribution in [3.63, 3.8) is 0 Å². The van der Waals surface area contributed by atoms with E-state index < -0.39 is 23.9 Å². The predicted octanol–water partition coefficient (Wildman–Crippen LogP) is 1.59. The first-order valence-corrected chi connectivity index (χ1v) is 5.93. The molecule has 0 radical (unpaired) electrons. The van der Waals surface area contributed by atoms with Gasteiger partial charge in [-0.3, -0.25) is 9.59 Å². The summed E-state index contributed by atoms with van der Waals surface area (Å²) in [5.74, 6) is -3.00. The number of hydrogen-bond acceptors (Lipinski definition) is 3. The molecule has 0 aromatic heterocycles. The molecule has 0 bridgehead atoms. The number of carbonyl (C=O) groups is 2. The molecular formula is C14H17NO4. The Labute approximate surface area is 111 Å². The van der Waals surface area contributed by atoms with Gasteiger partial charge in [-0.25, -0.2) is 0 Å². The molecule has 0 heterocycles. The zero-order chi connectivity index (χ0) is 14.3. The van der Waals surface area contributed by atoms with Crippen molar-refractivity contribution in [1.82, 2.24) is 0 Å². The molecule has 0 aliphatic carbocycles. The van der Waals surface area contributed by atoms with Crippen molar-refractivity contribution in [2.75, 3.05) is 0 Å². The Morgan fingerprint density at radius 3 is 2.32 bits per heavy atom. The fourth-order valence-corrected chi connectivity index (χ4v) is 1.64. The van der Waals surface area contributed by atoms with Crippen LogP contribution in [0.2, 0.25) is 0 Å². The Morgan fingerprint density at radius 1 is 1.16 bits per heavy atom. The van der Waals surface area contributed by atoms with Crippen LogP contribution in [0.15, 0.2) is 36.4 Å². The van der Waals surface area contributed by atoms with Gasteiger partial charge in [0.1, 0.15) is 6.04 Å². The lowest BCUT2D eigenvalue weighted by atomic mass is 9.96. The molecule has 102 valence electrons. The highest BCUT2D eigenvalue weighted by molar-refractivity contribution is 5.76. The molecule has 19 heavy (non-hydrogen) atoms. The van der Waals surface area contributed by atoms with E-state index in [0.717, 1.165) is 5.56 Å². The lowest BCUT2D eigenvalue weighted by Crippen LogP contribution is -2.34. The Morgan fingerprint density at radius 2 is 1.79 bits per heavy atom. The quantitative estimate of drug-likeness (QED) is 0.693. The van der Waals surface area contributed by atoms with Gasteiger partial charge in [0.05, 0.1) is 5.92 Å². The highest BCUT2D eigenvalue weighted by Crippen LogP contribution is 2.13. The molecule has 0 amide bonds. The van der Waals surface area contributed by atoms with Gasteiger partial charge in [0, 0.05) is 0 Å². The van der Waals surface area contributed by atoms with Crippen molar-refractivity contribution >= 4 is 18.0 Å². The summed E-state index contributed by atoms with van der Waals surface area (Å²) < 4.78 is 0. The van der Waals surface area contributed by atoms with Gasteiger partial charge in [0.2, 0.25) is 0 Å². The molecule has 0 saturated carbocycles. The van der Waals surface area contributed by atoms with Crippen LogP contribution in [0.5, 0.6) is 0 Å². The highest BCUT2D eigenvalue weighted by atomic mass is 16.4. The average Bonchev–Trinajstić information content (AvgIpc) is 2.38. The summed E-state index contributed by atoms with van der Waals surface area (Å²) in [4.78, 5) is 21.6. The third-order valence-electron chi connectivity index (χ3n) is 2.74. The largest absolute Gasteiger partial charge is 0.481 e. The van der Waals surface area contributed by atoms with Gasteiger partial charge >= 0.3 is 11.9 Å². The van der Waals surface area contributed by atoms with E-state index in [0.29, 0.717) is 0 Å². The van der Waals surface area contributed by atoms with Gasteiger partial charge < -0.3 is 15.9 Å². The molecule has 5 heteroatoms. The minimum absolute atomic E-state index is 0.0796. The van der Waals surface area contributed by atoms with Gasteiger partial charge in [0.25, 0.3) is 0 Å². The van der Waals surface area contributed by atoms with Crippen molar-refractivity contribution < 1.29 is 19.8 Å². The minimum atomic E-state index is -1.18. The highest BCUT2D eigenvalue weighted by Gasteiger charge is 2.23. The number of allylic oxidation sites excluding steroid dienone is 1. The Bertz CT molecular complexity index is 456. The first kappa shape index (κ1) is 14.9. The van der Waals surface area contributed by atoms with Gasteiger partial charge in [-0.15, -0.1) is 0 Å². The fraction of sp³-hybridized carbons (Fsp3) is 0.286. The average molecular weight is 263 g/mol. The van der Waals surface area contributed by atoms with Crippen molar-refractivity contribution in [3.05, 3.63) is 42.0 Å². The number of benzene rings is 1. The summed E-state index contributed by atoms with van der Waals surface area (Å²) in [5.41, 5.74) is 6.32. The SMILES string of the molecule is NC(CC(C/C=C/c1ccccc1)C(=O)O)C(=O)O. The molecule has 0 aliphatic rings. The normalized spacial score (nSPS) is 14.2. The summed E-state index contributed by atoms with van der Waals surface area (Å²) in [6.07, 6.45) is 3.71. The van der Waals surface area contributed by atoms with Crippen LogP contribution in [0.3, 0.4) is 0 Å². The van der Waals surface area contributed by atoms with Gasteiger partial charge in [-0.05, 0) is 18.4 Å². The van der Waals surface area contributed by atoms with Crippen LogP contribution in [0, 0.1) is 5.92 Å². The second kappa shape index (κ2) is 7.33. The molecule has 1 aromatic carbocycles. The summed E-state index contributed by atoms with van der Waals surface area (Å²) in [7, 11) is 0. The summed E-state index contributed by atoms with van der Waals surface area (Å²) in [5, 5.41) is 17.7. The molecule has 5 nitrogen and oxygen atoms in total. The molecule has 2 atom stereocenters. The van der Waals surface area contributed by atoms with Crippen LogP contribution in [-0.2, 0) is 9.59 Å². The third-order valence-corrected chi connectivity index (χ3v) is 2.74. The van der Waals surface area contributed by atoms with Crippen LogP contribution in [0.4, 0.5) is 0 Å². The lowest BCUT2D eigenvalue weighted by Gasteiger charge is -2.12. The van der Waals surface area contributed by atoms with Crippen LogP contribution >= 0.6 is 0 Å². The standard InChI is InChI=1S/C14H17NO4/c15-12(14(18)19)9-11(13(16)17)8-4-7-10-5-2-1-3-6-10/h1-7,11-12H,8-9,15H2,(H,16,17)(H,18,19)/b7-4+. The second-order valence-corrected chi connectivity index (χ2v) is 4.26. The number of hydrogen-bond donors (Lipinski definition) is 3. The Kier molecular flexibility index (Phi) is 5.75. The Balaban J connectivity index is 2.57. The second-order valence-electron chi connectivity index (χ2n) is 4.26. The maximum Gasteiger partial charge on any atom is 0.320 e. The number of nitrogens with two attached hydrogens (primary N) is 1. The van der Waals surface area contributed by atoms with E-state index in [1.54, 1.807) is 6.08 Å². The molecule has 4 N–H and O–H groups in total. The van der Waals surface area contributed by atoms with E-state index >= 15 is 0 Å². The first-order chi connectivity index (χ1) is 9.00. The molecule has 2 unspecified atom stereocenters. The monoisotopic (exact) mass is 263 g/mol. The predicted molar refractivity (Wildman–Crippen MR) is 71.4 cm³/mol. The molecule has 0 fully saturated rings. The van der Waals surface area contributed by atoms with Crippen LogP contribution < -0.4 is 5.73 Å². The fourth-order valence-electron chi connectivity index (χ4n) is 1.64. The van der Waals surface area contributed by atoms with Gasteiger partial charge in [0.15, 0.2) is 0 Å². The zero-order valence-electron chi connectivity index (χ0n) is 10.4. The molecule has 0 saturated heterocycles. The van der Waals surface area contributed by atoms with Gasteiger partial charge in [-0.1, -0.05) is 42.5 Å². The van der Waals surface area contributed by atoms with E-state index in [1.165, 1.54) is 0 Å². The lowest BCUT2D eigenvalue weighted by molar-refractivity contribution is -0.143. The summed E-state index contributed by atoms with van der Waals surface area (Å²) in [6.45, 7) is 0. The van der Waals surface area contributed by atoms with Crippen molar-refractivity contribution in [2.24, 2.45) is 11.7 Å². The number of rotatable bonds is 7. The maximum absolute atomic E-state index is 11.0. The molecule has 1 aromatic rings. The maximum atomic E-state index is 11.0. The molecular weight excluding hydrogens is 246 g/mol. The zero-order valence-corrected chi connectivity index (χ0v) is 10.4. The minimum Gasteiger partial charge on any atom is -0.481 e. The molecule has 1 rings (SSSR count). The van der Waals surface area contributed by atoms with Crippen LogP contribution in [0.25, 0.3) is 6.08 Å². The Hall–Kier alpha value is -2.14. The van der Waals surface area contributed by atoms with E-state index in [9.17, 15) is 9.59 Å². The van der Waals surface area contributed by atoms with E-state index in [4.69, 9.17) is 15.9 Å². The molecule has 0 aliphatic heterocycles.